The summed E-state index contributed by atoms with van der Waals surface area (Å²) < 4.78 is 5.29. The molecule has 23 heavy (non-hydrogen) atoms. The van der Waals surface area contributed by atoms with Gasteiger partial charge in [-0.05, 0) is 25.3 Å². The van der Waals surface area contributed by atoms with Crippen LogP contribution in [0.2, 0.25) is 0 Å². The van der Waals surface area contributed by atoms with Crippen molar-refractivity contribution in [2.75, 3.05) is 19.7 Å². The molecule has 1 aliphatic heterocycles. The molecule has 4 heteroatoms. The summed E-state index contributed by atoms with van der Waals surface area (Å²) in [4.78, 5) is 27.9. The van der Waals surface area contributed by atoms with Gasteiger partial charge in [-0.25, -0.2) is 0 Å². The first-order valence-electron chi connectivity index (χ1n) is 8.49. The number of ketones is 1. The highest BCUT2D eigenvalue weighted by Gasteiger charge is 2.60. The Morgan fingerprint density at radius 1 is 1.22 bits per heavy atom. The SMILES string of the molecule is CCOC(=O)[C@@]12CCC[C@@](C)(CN(Cc3ccccc3)C1)C2=O. The minimum atomic E-state index is -0.962. The largest absolute Gasteiger partial charge is 0.465 e. The summed E-state index contributed by atoms with van der Waals surface area (Å²) in [6.45, 7) is 6.11. The van der Waals surface area contributed by atoms with Gasteiger partial charge in [-0.2, -0.15) is 0 Å². The van der Waals surface area contributed by atoms with Crippen LogP contribution in [0.3, 0.4) is 0 Å². The van der Waals surface area contributed by atoms with Crippen molar-refractivity contribution < 1.29 is 14.3 Å². The van der Waals surface area contributed by atoms with Crippen LogP contribution in [0.4, 0.5) is 0 Å². The normalized spacial score (nSPS) is 31.0. The van der Waals surface area contributed by atoms with E-state index in [-0.39, 0.29) is 11.8 Å². The molecule has 2 aliphatic rings. The van der Waals surface area contributed by atoms with E-state index in [2.05, 4.69) is 17.0 Å². The predicted octanol–water partition coefficient (Wildman–Crippen LogP) is 2.81. The van der Waals surface area contributed by atoms with E-state index in [9.17, 15) is 9.59 Å². The minimum absolute atomic E-state index is 0.0963. The molecule has 1 aromatic carbocycles. The number of ether oxygens (including phenoxy) is 1. The molecule has 2 fully saturated rings. The number of hydrogen-bond acceptors (Lipinski definition) is 4. The van der Waals surface area contributed by atoms with Gasteiger partial charge in [-0.3, -0.25) is 14.5 Å². The molecule has 4 nitrogen and oxygen atoms in total. The molecule has 2 bridgehead atoms. The quantitative estimate of drug-likeness (QED) is 0.633. The van der Waals surface area contributed by atoms with Crippen LogP contribution in [0.25, 0.3) is 0 Å². The summed E-state index contributed by atoms with van der Waals surface area (Å²) in [5.74, 6) is -0.229. The van der Waals surface area contributed by atoms with Crippen LogP contribution in [-0.4, -0.2) is 36.3 Å². The number of likely N-dealkylation sites (tertiary alicyclic amines) is 1. The first-order chi connectivity index (χ1) is 11.0. The van der Waals surface area contributed by atoms with Gasteiger partial charge in [0.1, 0.15) is 5.41 Å². The van der Waals surface area contributed by atoms with Crippen molar-refractivity contribution in [2.24, 2.45) is 10.8 Å². The highest BCUT2D eigenvalue weighted by atomic mass is 16.5. The summed E-state index contributed by atoms with van der Waals surface area (Å²) >= 11 is 0. The van der Waals surface area contributed by atoms with E-state index < -0.39 is 10.8 Å². The predicted molar refractivity (Wildman–Crippen MR) is 87.8 cm³/mol. The third kappa shape index (κ3) is 2.80. The first kappa shape index (κ1) is 16.2. The maximum atomic E-state index is 13.0. The average Bonchev–Trinajstić information content (AvgIpc) is 2.51. The van der Waals surface area contributed by atoms with E-state index in [1.807, 2.05) is 25.1 Å². The lowest BCUT2D eigenvalue weighted by atomic mass is 9.58. The Balaban J connectivity index is 1.88. The zero-order valence-electron chi connectivity index (χ0n) is 14.0. The van der Waals surface area contributed by atoms with Crippen molar-refractivity contribution >= 4 is 11.8 Å². The van der Waals surface area contributed by atoms with Gasteiger partial charge in [0.25, 0.3) is 0 Å². The summed E-state index contributed by atoms with van der Waals surface area (Å²) in [7, 11) is 0. The summed E-state index contributed by atoms with van der Waals surface area (Å²) in [6, 6.07) is 10.2. The molecule has 1 saturated heterocycles. The molecule has 0 aromatic heterocycles. The molecule has 0 spiro atoms. The van der Waals surface area contributed by atoms with E-state index >= 15 is 0 Å². The molecule has 0 radical (unpaired) electrons. The molecular formula is C19H25NO3. The number of rotatable bonds is 4. The van der Waals surface area contributed by atoms with Gasteiger partial charge < -0.3 is 4.74 Å². The second kappa shape index (κ2) is 6.08. The van der Waals surface area contributed by atoms with Gasteiger partial charge in [-0.1, -0.05) is 43.7 Å². The van der Waals surface area contributed by atoms with Crippen molar-refractivity contribution in [1.82, 2.24) is 4.90 Å². The summed E-state index contributed by atoms with van der Waals surface area (Å²) in [6.07, 6.45) is 2.39. The van der Waals surface area contributed by atoms with Crippen LogP contribution >= 0.6 is 0 Å². The molecule has 124 valence electrons. The van der Waals surface area contributed by atoms with Crippen LogP contribution in [0.15, 0.2) is 30.3 Å². The van der Waals surface area contributed by atoms with E-state index in [0.717, 1.165) is 25.9 Å². The van der Waals surface area contributed by atoms with Crippen molar-refractivity contribution in [3.05, 3.63) is 35.9 Å². The average molecular weight is 315 g/mol. The third-order valence-corrected chi connectivity index (χ3v) is 5.30. The van der Waals surface area contributed by atoms with E-state index in [1.54, 1.807) is 6.92 Å². The molecule has 0 N–H and O–H groups in total. The van der Waals surface area contributed by atoms with Crippen LogP contribution in [0, 0.1) is 10.8 Å². The number of carbonyl (C=O) groups excluding carboxylic acids is 2. The van der Waals surface area contributed by atoms with Crippen LogP contribution in [0.1, 0.15) is 38.7 Å². The number of fused-ring (bicyclic) bond motifs is 2. The lowest BCUT2D eigenvalue weighted by molar-refractivity contribution is -0.175. The van der Waals surface area contributed by atoms with Gasteiger partial charge in [0.05, 0.1) is 6.61 Å². The Morgan fingerprint density at radius 2 is 1.96 bits per heavy atom. The Kier molecular flexibility index (Phi) is 4.28. The third-order valence-electron chi connectivity index (χ3n) is 5.30. The highest BCUT2D eigenvalue weighted by molar-refractivity contribution is 6.08. The lowest BCUT2D eigenvalue weighted by Gasteiger charge is -2.51. The number of hydrogen-bond donors (Lipinski definition) is 0. The van der Waals surface area contributed by atoms with Crippen LogP contribution in [0.5, 0.6) is 0 Å². The molecule has 1 heterocycles. The van der Waals surface area contributed by atoms with Gasteiger partial charge in [0, 0.05) is 25.0 Å². The molecule has 1 saturated carbocycles. The summed E-state index contributed by atoms with van der Waals surface area (Å²) in [5.41, 5.74) is -0.184. The smallest absolute Gasteiger partial charge is 0.320 e. The molecule has 0 amide bonds. The summed E-state index contributed by atoms with van der Waals surface area (Å²) in [5, 5.41) is 0. The van der Waals surface area contributed by atoms with Crippen LogP contribution < -0.4 is 0 Å². The van der Waals surface area contributed by atoms with Crippen molar-refractivity contribution in [3.8, 4) is 0 Å². The van der Waals surface area contributed by atoms with Crippen LogP contribution in [-0.2, 0) is 20.9 Å². The molecule has 3 rings (SSSR count). The van der Waals surface area contributed by atoms with Gasteiger partial charge in [0.2, 0.25) is 0 Å². The molecule has 1 aromatic rings. The molecule has 2 atom stereocenters. The van der Waals surface area contributed by atoms with E-state index in [0.29, 0.717) is 19.6 Å². The number of benzene rings is 1. The number of piperidine rings is 1. The van der Waals surface area contributed by atoms with E-state index in [1.165, 1.54) is 5.56 Å². The van der Waals surface area contributed by atoms with Gasteiger partial charge in [0.15, 0.2) is 5.78 Å². The van der Waals surface area contributed by atoms with Gasteiger partial charge >= 0.3 is 5.97 Å². The molecule has 0 unspecified atom stereocenters. The second-order valence-electron chi connectivity index (χ2n) is 7.18. The molecular weight excluding hydrogens is 290 g/mol. The van der Waals surface area contributed by atoms with Gasteiger partial charge in [-0.15, -0.1) is 0 Å². The fourth-order valence-corrected chi connectivity index (χ4v) is 4.30. The Bertz CT molecular complexity index is 600. The maximum Gasteiger partial charge on any atom is 0.320 e. The molecule has 1 aliphatic carbocycles. The topological polar surface area (TPSA) is 46.6 Å². The first-order valence-corrected chi connectivity index (χ1v) is 8.49. The van der Waals surface area contributed by atoms with Crippen molar-refractivity contribution in [3.63, 3.8) is 0 Å². The number of carbonyl (C=O) groups is 2. The number of esters is 1. The highest BCUT2D eigenvalue weighted by Crippen LogP contribution is 2.48. The number of nitrogens with zero attached hydrogens (tertiary/aromatic N) is 1. The zero-order valence-corrected chi connectivity index (χ0v) is 14.0. The monoisotopic (exact) mass is 315 g/mol. The lowest BCUT2D eigenvalue weighted by Crippen LogP contribution is -2.64. The number of Topliss-reactive ketones (excluding diaryl/α,β-unsaturated/α-hetero) is 1. The fourth-order valence-electron chi connectivity index (χ4n) is 4.30. The Labute approximate surface area is 137 Å². The zero-order chi connectivity index (χ0) is 16.5. The second-order valence-corrected chi connectivity index (χ2v) is 7.18. The maximum absolute atomic E-state index is 13.0. The Hall–Kier alpha value is -1.68. The minimum Gasteiger partial charge on any atom is -0.465 e. The fraction of sp³-hybridized carbons (Fsp3) is 0.579. The van der Waals surface area contributed by atoms with E-state index in [4.69, 9.17) is 4.74 Å². The van der Waals surface area contributed by atoms with Crippen molar-refractivity contribution in [2.45, 2.75) is 39.7 Å². The standard InChI is InChI=1S/C19H25NO3/c1-3-23-17(22)19-11-7-10-18(2,16(19)21)13-20(14-19)12-15-8-5-4-6-9-15/h4-6,8-9H,3,7,10-14H2,1-2H3/t18-,19-/m0/s1. The van der Waals surface area contributed by atoms with Crippen molar-refractivity contribution in [1.29, 1.82) is 0 Å². The Morgan fingerprint density at radius 3 is 2.65 bits per heavy atom.